The molecule has 2 aliphatic heterocycles. The third-order valence-electron chi connectivity index (χ3n) is 5.88. The van der Waals surface area contributed by atoms with Gasteiger partial charge in [-0.1, -0.05) is 18.6 Å². The molecule has 0 aliphatic carbocycles. The number of rotatable bonds is 2. The first-order valence-corrected chi connectivity index (χ1v) is 10.0. The van der Waals surface area contributed by atoms with Crippen molar-refractivity contribution >= 4 is 11.8 Å². The number of halogens is 3. The minimum atomic E-state index is -4.47. The van der Waals surface area contributed by atoms with Gasteiger partial charge in [0.1, 0.15) is 0 Å². The molecule has 158 valence electrons. The molecule has 30 heavy (non-hydrogen) atoms. The van der Waals surface area contributed by atoms with Gasteiger partial charge < -0.3 is 10.2 Å². The fraction of sp³-hybridized carbons (Fsp3) is 0.409. The van der Waals surface area contributed by atoms with Crippen molar-refractivity contribution in [2.24, 2.45) is 0 Å². The van der Waals surface area contributed by atoms with E-state index in [4.69, 9.17) is 0 Å². The first-order valence-electron chi connectivity index (χ1n) is 10.0. The van der Waals surface area contributed by atoms with Gasteiger partial charge >= 0.3 is 6.18 Å². The van der Waals surface area contributed by atoms with Gasteiger partial charge in [0.15, 0.2) is 0 Å². The lowest BCUT2D eigenvalue weighted by Gasteiger charge is -2.33. The van der Waals surface area contributed by atoms with Crippen LogP contribution in [0.4, 0.5) is 13.2 Å². The number of carbonyl (C=O) groups excluding carboxylic acids is 2. The van der Waals surface area contributed by atoms with Crippen molar-refractivity contribution in [2.45, 2.75) is 56.4 Å². The summed E-state index contributed by atoms with van der Waals surface area (Å²) < 4.78 is 39.9. The lowest BCUT2D eigenvalue weighted by atomic mass is 9.97. The summed E-state index contributed by atoms with van der Waals surface area (Å²) in [6.07, 6.45) is 1.54. The third-order valence-corrected chi connectivity index (χ3v) is 5.88. The fourth-order valence-corrected chi connectivity index (χ4v) is 4.50. The number of pyridine rings is 1. The van der Waals surface area contributed by atoms with Crippen molar-refractivity contribution in [3.8, 4) is 0 Å². The number of alkyl halides is 3. The Bertz CT molecular complexity index is 933. The van der Waals surface area contributed by atoms with Crippen LogP contribution in [0.25, 0.3) is 0 Å². The van der Waals surface area contributed by atoms with Crippen LogP contribution in [0.1, 0.15) is 59.6 Å². The minimum Gasteiger partial charge on any atom is -0.351 e. The van der Waals surface area contributed by atoms with E-state index in [1.165, 1.54) is 12.3 Å². The maximum absolute atomic E-state index is 13.4. The molecule has 3 atom stereocenters. The Balaban J connectivity index is 1.75. The number of hydrogen-bond donors (Lipinski definition) is 1. The SMILES string of the molecule is O=C1CCCC[C@H]2[C@@H](C[C@@H](c3cccc(C(F)(F)F)c3)N2C(=O)c2cccnc2)N1. The van der Waals surface area contributed by atoms with Crippen LogP contribution in [0.2, 0.25) is 0 Å². The topological polar surface area (TPSA) is 62.3 Å². The van der Waals surface area contributed by atoms with E-state index in [1.54, 1.807) is 29.3 Å². The molecule has 0 unspecified atom stereocenters. The summed E-state index contributed by atoms with van der Waals surface area (Å²) in [5.74, 6) is -0.365. The van der Waals surface area contributed by atoms with Crippen LogP contribution in [-0.4, -0.2) is 33.8 Å². The highest BCUT2D eigenvalue weighted by atomic mass is 19.4. The van der Waals surface area contributed by atoms with Crippen molar-refractivity contribution in [1.82, 2.24) is 15.2 Å². The van der Waals surface area contributed by atoms with E-state index in [2.05, 4.69) is 10.3 Å². The Hall–Kier alpha value is -2.90. The van der Waals surface area contributed by atoms with Gasteiger partial charge in [-0.15, -0.1) is 0 Å². The lowest BCUT2D eigenvalue weighted by Crippen LogP contribution is -2.48. The molecular weight excluding hydrogens is 395 g/mol. The van der Waals surface area contributed by atoms with Crippen molar-refractivity contribution in [3.05, 3.63) is 65.5 Å². The minimum absolute atomic E-state index is 0.0804. The average Bonchev–Trinajstić information content (AvgIpc) is 3.06. The normalized spacial score (nSPS) is 24.6. The van der Waals surface area contributed by atoms with Crippen LogP contribution in [0.15, 0.2) is 48.8 Å². The number of hydrogen-bond acceptors (Lipinski definition) is 3. The number of carbonyl (C=O) groups is 2. The zero-order chi connectivity index (χ0) is 21.3. The molecule has 2 aliphatic rings. The van der Waals surface area contributed by atoms with E-state index in [-0.39, 0.29) is 23.9 Å². The van der Waals surface area contributed by atoms with Crippen LogP contribution in [-0.2, 0) is 11.0 Å². The molecule has 4 rings (SSSR count). The van der Waals surface area contributed by atoms with Crippen LogP contribution in [0, 0.1) is 0 Å². The zero-order valence-electron chi connectivity index (χ0n) is 16.2. The average molecular weight is 417 g/mol. The van der Waals surface area contributed by atoms with Gasteiger partial charge in [0.25, 0.3) is 5.91 Å². The Kier molecular flexibility index (Phi) is 5.49. The summed E-state index contributed by atoms with van der Waals surface area (Å²) in [5.41, 5.74) is 0.0497. The molecule has 1 aromatic heterocycles. The molecule has 8 heteroatoms. The van der Waals surface area contributed by atoms with E-state index >= 15 is 0 Å². The first-order chi connectivity index (χ1) is 14.3. The van der Waals surface area contributed by atoms with E-state index in [0.29, 0.717) is 30.4 Å². The highest BCUT2D eigenvalue weighted by Gasteiger charge is 2.45. The number of amides is 2. The van der Waals surface area contributed by atoms with Crippen molar-refractivity contribution in [2.75, 3.05) is 0 Å². The molecule has 1 aromatic carbocycles. The number of nitrogens with one attached hydrogen (secondary N) is 1. The van der Waals surface area contributed by atoms with Gasteiger partial charge in [0.05, 0.1) is 29.3 Å². The highest BCUT2D eigenvalue weighted by Crippen LogP contribution is 2.41. The highest BCUT2D eigenvalue weighted by molar-refractivity contribution is 5.94. The molecule has 1 N–H and O–H groups in total. The van der Waals surface area contributed by atoms with Crippen LogP contribution < -0.4 is 5.32 Å². The number of benzene rings is 1. The number of likely N-dealkylation sites (tertiary alicyclic amines) is 1. The summed E-state index contributed by atoms with van der Waals surface area (Å²) in [4.78, 5) is 31.2. The maximum Gasteiger partial charge on any atom is 0.416 e. The van der Waals surface area contributed by atoms with E-state index in [0.717, 1.165) is 25.0 Å². The van der Waals surface area contributed by atoms with Gasteiger partial charge in [-0.25, -0.2) is 0 Å². The Labute approximate surface area is 172 Å². The molecule has 3 heterocycles. The van der Waals surface area contributed by atoms with E-state index in [1.807, 2.05) is 0 Å². The fourth-order valence-electron chi connectivity index (χ4n) is 4.50. The Morgan fingerprint density at radius 3 is 2.73 bits per heavy atom. The first kappa shape index (κ1) is 20.4. The van der Waals surface area contributed by atoms with Gasteiger partial charge in [-0.3, -0.25) is 14.6 Å². The van der Waals surface area contributed by atoms with E-state index < -0.39 is 17.8 Å². The Morgan fingerprint density at radius 2 is 2.00 bits per heavy atom. The molecule has 2 fully saturated rings. The summed E-state index contributed by atoms with van der Waals surface area (Å²) in [7, 11) is 0. The molecule has 0 radical (unpaired) electrons. The molecule has 5 nitrogen and oxygen atoms in total. The number of nitrogens with zero attached hydrogens (tertiary/aromatic N) is 2. The summed E-state index contributed by atoms with van der Waals surface area (Å²) >= 11 is 0. The van der Waals surface area contributed by atoms with Gasteiger partial charge in [0, 0.05) is 18.8 Å². The van der Waals surface area contributed by atoms with Crippen LogP contribution in [0.5, 0.6) is 0 Å². The third kappa shape index (κ3) is 4.04. The summed E-state index contributed by atoms with van der Waals surface area (Å²) in [6, 6.07) is 7.28. The van der Waals surface area contributed by atoms with Crippen molar-refractivity contribution in [3.63, 3.8) is 0 Å². The molecule has 0 spiro atoms. The second-order valence-corrected chi connectivity index (χ2v) is 7.82. The molecule has 2 saturated heterocycles. The maximum atomic E-state index is 13.4. The lowest BCUT2D eigenvalue weighted by molar-refractivity contribution is -0.137. The summed E-state index contributed by atoms with van der Waals surface area (Å²) in [6.45, 7) is 0. The second kappa shape index (κ2) is 8.08. The van der Waals surface area contributed by atoms with Gasteiger partial charge in [-0.2, -0.15) is 13.2 Å². The number of fused-ring (bicyclic) bond motifs is 1. The van der Waals surface area contributed by atoms with Crippen molar-refractivity contribution in [1.29, 1.82) is 0 Å². The monoisotopic (exact) mass is 417 g/mol. The Morgan fingerprint density at radius 1 is 1.17 bits per heavy atom. The van der Waals surface area contributed by atoms with Gasteiger partial charge in [-0.05, 0) is 49.1 Å². The largest absolute Gasteiger partial charge is 0.416 e. The summed E-state index contributed by atoms with van der Waals surface area (Å²) in [5, 5.41) is 2.99. The van der Waals surface area contributed by atoms with Gasteiger partial charge in [0.2, 0.25) is 5.91 Å². The quantitative estimate of drug-likeness (QED) is 0.800. The second-order valence-electron chi connectivity index (χ2n) is 7.82. The molecule has 0 bridgehead atoms. The zero-order valence-corrected chi connectivity index (χ0v) is 16.2. The van der Waals surface area contributed by atoms with Crippen LogP contribution in [0.3, 0.4) is 0 Å². The van der Waals surface area contributed by atoms with Crippen LogP contribution >= 0.6 is 0 Å². The molecular formula is C22H22F3N3O2. The van der Waals surface area contributed by atoms with Crippen molar-refractivity contribution < 1.29 is 22.8 Å². The predicted octanol–water partition coefficient (Wildman–Crippen LogP) is 4.12. The standard InChI is InChI=1S/C22H22F3N3O2/c23-22(24,25)16-7-3-5-14(11-16)19-12-17-18(8-1-2-9-20(29)27-17)28(19)21(30)15-6-4-10-26-13-15/h3-7,10-11,13,17-19H,1-2,8-9,12H2,(H,27,29)/t17-,18+,19+/m1/s1. The smallest absolute Gasteiger partial charge is 0.351 e. The number of aromatic nitrogens is 1. The molecule has 2 amide bonds. The van der Waals surface area contributed by atoms with E-state index in [9.17, 15) is 22.8 Å². The molecule has 0 saturated carbocycles. The molecule has 2 aromatic rings. The predicted molar refractivity (Wildman–Crippen MR) is 103 cm³/mol.